The average molecular weight is 391 g/mol. The van der Waals surface area contributed by atoms with Crippen LogP contribution in [-0.4, -0.2) is 33.1 Å². The summed E-state index contributed by atoms with van der Waals surface area (Å²) < 4.78 is 13.2. The standard InChI is InChI=1S/C23H22FN3O2/c24-16-7-5-14(6-8-16)15-11-17-9-10-18(12-15)27(17)22(28)13-21-19-3-1-2-4-20(19)23(29)26-25-21/h1-8,15,17-18H,9-13H2,(H,26,29). The van der Waals surface area contributed by atoms with Crippen molar-refractivity contribution in [1.82, 2.24) is 15.1 Å². The third kappa shape index (κ3) is 3.22. The lowest BCUT2D eigenvalue weighted by Gasteiger charge is -2.39. The summed E-state index contributed by atoms with van der Waals surface area (Å²) in [6, 6.07) is 14.5. The van der Waals surface area contributed by atoms with Gasteiger partial charge in [-0.1, -0.05) is 30.3 Å². The second kappa shape index (κ2) is 7.10. The van der Waals surface area contributed by atoms with Gasteiger partial charge in [0.1, 0.15) is 5.82 Å². The number of amides is 1. The Morgan fingerprint density at radius 3 is 2.38 bits per heavy atom. The molecule has 3 heterocycles. The maximum Gasteiger partial charge on any atom is 0.272 e. The SMILES string of the molecule is O=C(Cc1n[nH]c(=O)c2ccccc12)N1C2CCC1CC(c1ccc(F)cc1)C2. The Kier molecular flexibility index (Phi) is 4.42. The fourth-order valence-corrected chi connectivity index (χ4v) is 5.13. The molecule has 2 aliphatic heterocycles. The van der Waals surface area contributed by atoms with Gasteiger partial charge in [-0.3, -0.25) is 9.59 Å². The van der Waals surface area contributed by atoms with Crippen molar-refractivity contribution in [1.29, 1.82) is 0 Å². The zero-order valence-electron chi connectivity index (χ0n) is 16.0. The summed E-state index contributed by atoms with van der Waals surface area (Å²) in [7, 11) is 0. The number of piperidine rings is 1. The van der Waals surface area contributed by atoms with E-state index in [-0.39, 0.29) is 35.8 Å². The number of halogens is 1. The van der Waals surface area contributed by atoms with Gasteiger partial charge >= 0.3 is 0 Å². The predicted molar refractivity (Wildman–Crippen MR) is 108 cm³/mol. The Labute approximate surface area is 167 Å². The fraction of sp³-hybridized carbons (Fsp3) is 0.348. The predicted octanol–water partition coefficient (Wildman–Crippen LogP) is 3.54. The van der Waals surface area contributed by atoms with E-state index in [4.69, 9.17) is 0 Å². The molecule has 1 N–H and O–H groups in total. The summed E-state index contributed by atoms with van der Waals surface area (Å²) in [4.78, 5) is 27.2. The first kappa shape index (κ1) is 18.0. The number of hydrogen-bond acceptors (Lipinski definition) is 3. The monoisotopic (exact) mass is 391 g/mol. The van der Waals surface area contributed by atoms with Crippen molar-refractivity contribution in [2.24, 2.45) is 0 Å². The van der Waals surface area contributed by atoms with Crippen LogP contribution in [-0.2, 0) is 11.2 Å². The van der Waals surface area contributed by atoms with E-state index in [1.165, 1.54) is 12.1 Å². The van der Waals surface area contributed by atoms with Gasteiger partial charge in [-0.2, -0.15) is 5.10 Å². The largest absolute Gasteiger partial charge is 0.336 e. The number of rotatable bonds is 3. The summed E-state index contributed by atoms with van der Waals surface area (Å²) in [5.41, 5.74) is 1.53. The van der Waals surface area contributed by atoms with Gasteiger partial charge in [-0.05, 0) is 55.4 Å². The minimum Gasteiger partial charge on any atom is -0.336 e. The molecule has 1 aromatic heterocycles. The molecule has 2 saturated heterocycles. The van der Waals surface area contributed by atoms with Crippen LogP contribution in [0.2, 0.25) is 0 Å². The van der Waals surface area contributed by atoms with Gasteiger partial charge in [0.15, 0.2) is 0 Å². The van der Waals surface area contributed by atoms with Gasteiger partial charge in [-0.25, -0.2) is 9.49 Å². The minimum absolute atomic E-state index is 0.0692. The maximum absolute atomic E-state index is 13.2. The molecular weight excluding hydrogens is 369 g/mol. The van der Waals surface area contributed by atoms with E-state index in [9.17, 15) is 14.0 Å². The van der Waals surface area contributed by atoms with E-state index in [1.807, 2.05) is 35.2 Å². The van der Waals surface area contributed by atoms with Crippen LogP contribution < -0.4 is 5.56 Å². The molecule has 0 saturated carbocycles. The molecule has 6 heteroatoms. The summed E-state index contributed by atoms with van der Waals surface area (Å²) >= 11 is 0. The minimum atomic E-state index is -0.239. The molecule has 2 unspecified atom stereocenters. The molecule has 2 aromatic carbocycles. The topological polar surface area (TPSA) is 66.1 Å². The number of nitrogens with zero attached hydrogens (tertiary/aromatic N) is 2. The third-order valence-electron chi connectivity index (χ3n) is 6.46. The van der Waals surface area contributed by atoms with Crippen LogP contribution >= 0.6 is 0 Å². The number of H-pyrrole nitrogens is 1. The summed E-state index contributed by atoms with van der Waals surface area (Å²) in [6.07, 6.45) is 4.02. The highest BCUT2D eigenvalue weighted by Gasteiger charge is 2.43. The van der Waals surface area contributed by atoms with Crippen LogP contribution in [0.3, 0.4) is 0 Å². The number of aromatic amines is 1. The number of nitrogens with one attached hydrogen (secondary N) is 1. The second-order valence-electron chi connectivity index (χ2n) is 8.13. The Balaban J connectivity index is 1.36. The summed E-state index contributed by atoms with van der Waals surface area (Å²) in [6.45, 7) is 0. The van der Waals surface area contributed by atoms with Crippen molar-refractivity contribution in [3.05, 3.63) is 76.0 Å². The highest BCUT2D eigenvalue weighted by atomic mass is 19.1. The first-order chi connectivity index (χ1) is 14.1. The Morgan fingerprint density at radius 1 is 1.03 bits per heavy atom. The normalized spacial score (nSPS) is 23.5. The molecule has 0 radical (unpaired) electrons. The molecule has 5 rings (SSSR count). The number of carbonyl (C=O) groups is 1. The van der Waals surface area contributed by atoms with Gasteiger partial charge in [0.2, 0.25) is 5.91 Å². The van der Waals surface area contributed by atoms with E-state index in [0.717, 1.165) is 36.6 Å². The molecular formula is C23H22FN3O2. The van der Waals surface area contributed by atoms with Crippen molar-refractivity contribution >= 4 is 16.7 Å². The van der Waals surface area contributed by atoms with Crippen LogP contribution in [0.4, 0.5) is 4.39 Å². The van der Waals surface area contributed by atoms with E-state index in [2.05, 4.69) is 10.2 Å². The molecule has 0 aliphatic carbocycles. The molecule has 3 aromatic rings. The molecule has 1 amide bonds. The zero-order valence-corrected chi connectivity index (χ0v) is 16.0. The molecule has 2 aliphatic rings. The molecule has 2 bridgehead atoms. The summed E-state index contributed by atoms with van der Waals surface area (Å²) in [5.74, 6) is 0.217. The van der Waals surface area contributed by atoms with Crippen molar-refractivity contribution in [3.8, 4) is 0 Å². The van der Waals surface area contributed by atoms with Crippen LogP contribution in [0, 0.1) is 5.82 Å². The van der Waals surface area contributed by atoms with Crippen molar-refractivity contribution in [3.63, 3.8) is 0 Å². The first-order valence-corrected chi connectivity index (χ1v) is 10.1. The molecule has 0 spiro atoms. The number of fused-ring (bicyclic) bond motifs is 3. The van der Waals surface area contributed by atoms with Crippen LogP contribution in [0.1, 0.15) is 42.9 Å². The van der Waals surface area contributed by atoms with Crippen LogP contribution in [0.25, 0.3) is 10.8 Å². The molecule has 29 heavy (non-hydrogen) atoms. The van der Waals surface area contributed by atoms with Gasteiger partial charge in [0.05, 0.1) is 17.5 Å². The van der Waals surface area contributed by atoms with Crippen molar-refractivity contribution < 1.29 is 9.18 Å². The number of benzene rings is 2. The van der Waals surface area contributed by atoms with Gasteiger partial charge < -0.3 is 4.90 Å². The Bertz CT molecular complexity index is 1110. The quantitative estimate of drug-likeness (QED) is 0.743. The molecule has 148 valence electrons. The molecule has 5 nitrogen and oxygen atoms in total. The van der Waals surface area contributed by atoms with Gasteiger partial charge in [-0.15, -0.1) is 0 Å². The average Bonchev–Trinajstić information content (AvgIpc) is 3.00. The van der Waals surface area contributed by atoms with Crippen molar-refractivity contribution in [2.75, 3.05) is 0 Å². The number of hydrogen-bond donors (Lipinski definition) is 1. The van der Waals surface area contributed by atoms with Crippen molar-refractivity contribution in [2.45, 2.75) is 50.1 Å². The van der Waals surface area contributed by atoms with E-state index in [1.54, 1.807) is 6.07 Å². The highest BCUT2D eigenvalue weighted by molar-refractivity contribution is 5.88. The number of aromatic nitrogens is 2. The zero-order chi connectivity index (χ0) is 20.0. The lowest BCUT2D eigenvalue weighted by Crippen LogP contribution is -2.46. The third-order valence-corrected chi connectivity index (χ3v) is 6.46. The fourth-order valence-electron chi connectivity index (χ4n) is 5.13. The Hall–Kier alpha value is -3.02. The van der Waals surface area contributed by atoms with Crippen LogP contribution in [0.15, 0.2) is 53.3 Å². The lowest BCUT2D eigenvalue weighted by molar-refractivity contribution is -0.135. The van der Waals surface area contributed by atoms with Gasteiger partial charge in [0.25, 0.3) is 5.56 Å². The second-order valence-corrected chi connectivity index (χ2v) is 8.13. The molecule has 2 atom stereocenters. The lowest BCUT2D eigenvalue weighted by atomic mass is 9.85. The smallest absolute Gasteiger partial charge is 0.272 e. The van der Waals surface area contributed by atoms with E-state index < -0.39 is 0 Å². The van der Waals surface area contributed by atoms with E-state index >= 15 is 0 Å². The maximum atomic E-state index is 13.2. The van der Waals surface area contributed by atoms with E-state index in [0.29, 0.717) is 17.0 Å². The Morgan fingerprint density at radius 2 is 1.69 bits per heavy atom. The van der Waals surface area contributed by atoms with Crippen LogP contribution in [0.5, 0.6) is 0 Å². The highest BCUT2D eigenvalue weighted by Crippen LogP contribution is 2.43. The summed E-state index contributed by atoms with van der Waals surface area (Å²) in [5, 5.41) is 7.97. The van der Waals surface area contributed by atoms with Gasteiger partial charge in [0, 0.05) is 17.5 Å². The number of carbonyl (C=O) groups excluding carboxylic acids is 1. The molecule has 2 fully saturated rings. The first-order valence-electron chi connectivity index (χ1n) is 10.1.